The van der Waals surface area contributed by atoms with Crippen LogP contribution in [0.15, 0.2) is 16.5 Å². The number of hydrogen-bond acceptors (Lipinski definition) is 3. The molecule has 0 aliphatic heterocycles. The summed E-state index contributed by atoms with van der Waals surface area (Å²) < 4.78 is 29.7. The second kappa shape index (κ2) is 8.79. The van der Waals surface area contributed by atoms with Crippen LogP contribution in [-0.4, -0.2) is 12.3 Å². The molecule has 5 heteroatoms. The SMILES string of the molecule is CC1CCCC(CCNCc2ccc(CSC(F)F)o2)C1. The standard InChI is InChI=1S/C16H25F2NOS/c1-12-3-2-4-13(9-12)7-8-19-10-14-5-6-15(20-14)11-21-16(17)18/h5-6,12-13,16,19H,2-4,7-11H2,1H3. The van der Waals surface area contributed by atoms with Gasteiger partial charge in [-0.2, -0.15) is 8.78 Å². The van der Waals surface area contributed by atoms with Gasteiger partial charge in [0.2, 0.25) is 0 Å². The molecule has 1 fully saturated rings. The molecule has 0 aromatic carbocycles. The molecular weight excluding hydrogens is 292 g/mol. The molecule has 1 saturated carbocycles. The first-order valence-electron chi connectivity index (χ1n) is 7.81. The Morgan fingerprint density at radius 2 is 2.14 bits per heavy atom. The number of alkyl halides is 2. The second-order valence-corrected chi connectivity index (χ2v) is 7.02. The lowest BCUT2D eigenvalue weighted by Crippen LogP contribution is -2.20. The van der Waals surface area contributed by atoms with Gasteiger partial charge in [0.15, 0.2) is 0 Å². The van der Waals surface area contributed by atoms with E-state index in [-0.39, 0.29) is 5.75 Å². The van der Waals surface area contributed by atoms with Crippen molar-refractivity contribution in [1.82, 2.24) is 5.32 Å². The third-order valence-electron chi connectivity index (χ3n) is 4.14. The van der Waals surface area contributed by atoms with Gasteiger partial charge in [-0.05, 0) is 43.4 Å². The van der Waals surface area contributed by atoms with Gasteiger partial charge in [-0.15, -0.1) is 0 Å². The first-order valence-corrected chi connectivity index (χ1v) is 8.86. The fourth-order valence-corrected chi connectivity index (χ4v) is 3.53. The van der Waals surface area contributed by atoms with Crippen molar-refractivity contribution in [1.29, 1.82) is 0 Å². The number of hydrogen-bond donors (Lipinski definition) is 1. The van der Waals surface area contributed by atoms with Crippen molar-refractivity contribution >= 4 is 11.8 Å². The normalized spacial score (nSPS) is 22.9. The van der Waals surface area contributed by atoms with Gasteiger partial charge in [0.05, 0.1) is 12.3 Å². The van der Waals surface area contributed by atoms with E-state index in [1.54, 1.807) is 6.07 Å². The van der Waals surface area contributed by atoms with Gasteiger partial charge in [0.1, 0.15) is 11.5 Å². The summed E-state index contributed by atoms with van der Waals surface area (Å²) in [6.07, 6.45) is 6.70. The van der Waals surface area contributed by atoms with Crippen LogP contribution in [0.3, 0.4) is 0 Å². The molecule has 1 aromatic rings. The van der Waals surface area contributed by atoms with Gasteiger partial charge in [0.25, 0.3) is 5.76 Å². The summed E-state index contributed by atoms with van der Waals surface area (Å²) in [6.45, 7) is 4.03. The quantitative estimate of drug-likeness (QED) is 0.680. The largest absolute Gasteiger partial charge is 0.464 e. The highest BCUT2D eigenvalue weighted by Gasteiger charge is 2.18. The predicted molar refractivity (Wildman–Crippen MR) is 83.5 cm³/mol. The smallest absolute Gasteiger partial charge is 0.284 e. The number of halogens is 2. The van der Waals surface area contributed by atoms with Gasteiger partial charge in [0, 0.05) is 0 Å². The van der Waals surface area contributed by atoms with E-state index in [0.29, 0.717) is 24.1 Å². The van der Waals surface area contributed by atoms with Crippen LogP contribution in [0.2, 0.25) is 0 Å². The topological polar surface area (TPSA) is 25.2 Å². The summed E-state index contributed by atoms with van der Waals surface area (Å²) in [4.78, 5) is 0. The van der Waals surface area contributed by atoms with Crippen molar-refractivity contribution in [2.45, 2.75) is 57.1 Å². The first kappa shape index (κ1) is 16.8. The fraction of sp³-hybridized carbons (Fsp3) is 0.750. The van der Waals surface area contributed by atoms with Gasteiger partial charge in [-0.3, -0.25) is 0 Å². The Morgan fingerprint density at radius 1 is 1.33 bits per heavy atom. The van der Waals surface area contributed by atoms with E-state index >= 15 is 0 Å². The van der Waals surface area contributed by atoms with Crippen LogP contribution >= 0.6 is 11.8 Å². The van der Waals surface area contributed by atoms with Crippen LogP contribution in [0.4, 0.5) is 8.78 Å². The zero-order valence-corrected chi connectivity index (χ0v) is 13.4. The Labute approximate surface area is 130 Å². The molecule has 1 aromatic heterocycles. The van der Waals surface area contributed by atoms with E-state index in [1.807, 2.05) is 6.07 Å². The van der Waals surface area contributed by atoms with Crippen molar-refractivity contribution in [2.75, 3.05) is 6.54 Å². The predicted octanol–water partition coefficient (Wildman–Crippen LogP) is 5.04. The average Bonchev–Trinajstić information content (AvgIpc) is 2.89. The number of nitrogens with one attached hydrogen (secondary N) is 1. The molecule has 0 amide bonds. The van der Waals surface area contributed by atoms with Crippen LogP contribution in [-0.2, 0) is 12.3 Å². The molecular formula is C16H25F2NOS. The molecule has 0 spiro atoms. The summed E-state index contributed by atoms with van der Waals surface area (Å²) in [5, 5.41) is 3.39. The van der Waals surface area contributed by atoms with Crippen molar-refractivity contribution in [3.8, 4) is 0 Å². The summed E-state index contributed by atoms with van der Waals surface area (Å²) in [7, 11) is 0. The highest BCUT2D eigenvalue weighted by Crippen LogP contribution is 2.30. The maximum atomic E-state index is 12.1. The number of furan rings is 1. The zero-order chi connectivity index (χ0) is 15.1. The van der Waals surface area contributed by atoms with Crippen LogP contribution in [0.5, 0.6) is 0 Å². The van der Waals surface area contributed by atoms with Gasteiger partial charge in [-0.25, -0.2) is 0 Å². The van der Waals surface area contributed by atoms with Gasteiger partial charge in [-0.1, -0.05) is 37.9 Å². The molecule has 21 heavy (non-hydrogen) atoms. The Kier molecular flexibility index (Phi) is 7.04. The molecule has 2 atom stereocenters. The van der Waals surface area contributed by atoms with Crippen molar-refractivity contribution in [2.24, 2.45) is 11.8 Å². The minimum Gasteiger partial charge on any atom is -0.464 e. The maximum Gasteiger partial charge on any atom is 0.284 e. The third kappa shape index (κ3) is 6.39. The molecule has 2 nitrogen and oxygen atoms in total. The lowest BCUT2D eigenvalue weighted by molar-refractivity contribution is 0.251. The minimum atomic E-state index is -2.34. The highest BCUT2D eigenvalue weighted by atomic mass is 32.2. The molecule has 120 valence electrons. The first-order chi connectivity index (χ1) is 10.1. The van der Waals surface area contributed by atoms with Crippen molar-refractivity contribution in [3.05, 3.63) is 23.7 Å². The Bertz CT molecular complexity index is 411. The van der Waals surface area contributed by atoms with E-state index < -0.39 is 5.76 Å². The summed E-state index contributed by atoms with van der Waals surface area (Å²) in [5.41, 5.74) is 0. The van der Waals surface area contributed by atoms with Crippen molar-refractivity contribution in [3.63, 3.8) is 0 Å². The zero-order valence-electron chi connectivity index (χ0n) is 12.6. The van der Waals surface area contributed by atoms with E-state index in [4.69, 9.17) is 4.42 Å². The van der Waals surface area contributed by atoms with E-state index in [0.717, 1.165) is 24.1 Å². The van der Waals surface area contributed by atoms with Crippen LogP contribution in [0.25, 0.3) is 0 Å². The van der Waals surface area contributed by atoms with Crippen LogP contribution in [0, 0.1) is 11.8 Å². The van der Waals surface area contributed by atoms with Gasteiger partial charge >= 0.3 is 0 Å². The van der Waals surface area contributed by atoms with Crippen molar-refractivity contribution < 1.29 is 13.2 Å². The summed E-state index contributed by atoms with van der Waals surface area (Å²) in [6, 6.07) is 3.66. The van der Waals surface area contributed by atoms with E-state index in [1.165, 1.54) is 32.1 Å². The summed E-state index contributed by atoms with van der Waals surface area (Å²) >= 11 is 0.597. The molecule has 1 N–H and O–H groups in total. The molecule has 1 aliphatic rings. The maximum absolute atomic E-state index is 12.1. The summed E-state index contributed by atoms with van der Waals surface area (Å²) in [5.74, 6) is 1.08. The van der Waals surface area contributed by atoms with Crippen LogP contribution in [0.1, 0.15) is 50.5 Å². The molecule has 0 radical (unpaired) electrons. The molecule has 2 unspecified atom stereocenters. The van der Waals surface area contributed by atoms with Crippen LogP contribution < -0.4 is 5.32 Å². The minimum absolute atomic E-state index is 0.234. The Balaban J connectivity index is 1.60. The molecule has 0 saturated heterocycles. The monoisotopic (exact) mass is 317 g/mol. The lowest BCUT2D eigenvalue weighted by Gasteiger charge is -2.26. The lowest BCUT2D eigenvalue weighted by atomic mass is 9.81. The second-order valence-electron chi connectivity index (χ2n) is 6.04. The molecule has 0 bridgehead atoms. The molecule has 1 aliphatic carbocycles. The number of thioether (sulfide) groups is 1. The molecule has 1 heterocycles. The third-order valence-corrected chi connectivity index (χ3v) is 4.85. The Morgan fingerprint density at radius 3 is 2.90 bits per heavy atom. The van der Waals surface area contributed by atoms with E-state index in [2.05, 4.69) is 12.2 Å². The van der Waals surface area contributed by atoms with Gasteiger partial charge < -0.3 is 9.73 Å². The average molecular weight is 317 g/mol. The van der Waals surface area contributed by atoms with E-state index in [9.17, 15) is 8.78 Å². The molecule has 2 rings (SSSR count). The highest BCUT2D eigenvalue weighted by molar-refractivity contribution is 7.98. The number of rotatable bonds is 8. The fourth-order valence-electron chi connectivity index (χ4n) is 3.08. The Hall–Kier alpha value is -0.550.